The number of carbonyl (C=O) groups excluding carboxylic acids is 1. The summed E-state index contributed by atoms with van der Waals surface area (Å²) in [4.78, 5) is 15.3. The van der Waals surface area contributed by atoms with E-state index in [1.807, 2.05) is 47.2 Å². The Morgan fingerprint density at radius 3 is 2.40 bits per heavy atom. The van der Waals surface area contributed by atoms with Crippen LogP contribution in [0.5, 0.6) is 11.5 Å². The zero-order valence-electron chi connectivity index (χ0n) is 19.2. The summed E-state index contributed by atoms with van der Waals surface area (Å²) >= 11 is 0. The maximum atomic E-state index is 14.3. The van der Waals surface area contributed by atoms with Crippen molar-refractivity contribution in [1.82, 2.24) is 9.47 Å². The summed E-state index contributed by atoms with van der Waals surface area (Å²) < 4.78 is 41.1. The Bertz CT molecular complexity index is 1380. The molecule has 2 amide bonds. The molecule has 0 fully saturated rings. The Morgan fingerprint density at radius 2 is 1.66 bits per heavy atom. The molecule has 1 N–H and O–H groups in total. The van der Waals surface area contributed by atoms with Gasteiger partial charge in [0.15, 0.2) is 11.5 Å². The van der Waals surface area contributed by atoms with Gasteiger partial charge in [0.25, 0.3) is 0 Å². The van der Waals surface area contributed by atoms with Gasteiger partial charge in [-0.2, -0.15) is 0 Å². The van der Waals surface area contributed by atoms with Crippen LogP contribution < -0.4 is 14.8 Å². The second-order valence-corrected chi connectivity index (χ2v) is 8.16. The van der Waals surface area contributed by atoms with Crippen LogP contribution in [0.15, 0.2) is 79.0 Å². The van der Waals surface area contributed by atoms with E-state index in [1.54, 1.807) is 23.1 Å². The van der Waals surface area contributed by atoms with Crippen molar-refractivity contribution in [3.05, 3.63) is 107 Å². The van der Waals surface area contributed by atoms with Gasteiger partial charge in [-0.25, -0.2) is 13.6 Å². The number of para-hydroxylation sites is 1. The van der Waals surface area contributed by atoms with Gasteiger partial charge < -0.3 is 24.3 Å². The van der Waals surface area contributed by atoms with Crippen LogP contribution in [-0.2, 0) is 6.54 Å². The summed E-state index contributed by atoms with van der Waals surface area (Å²) in [6.07, 6.45) is 1.88. The Labute approximate surface area is 201 Å². The molecule has 0 saturated carbocycles. The van der Waals surface area contributed by atoms with Crippen LogP contribution in [0.25, 0.3) is 5.69 Å². The summed E-state index contributed by atoms with van der Waals surface area (Å²) in [5, 5.41) is 2.90. The zero-order chi connectivity index (χ0) is 24.5. The molecule has 2 heterocycles. The number of rotatable bonds is 4. The lowest BCUT2D eigenvalue weighted by Gasteiger charge is -2.31. The molecule has 0 radical (unpaired) electrons. The molecular weight excluding hydrogens is 452 g/mol. The highest BCUT2D eigenvalue weighted by Gasteiger charge is 2.33. The quantitative estimate of drug-likeness (QED) is 0.399. The normalized spacial score (nSPS) is 14.5. The molecule has 0 bridgehead atoms. The van der Waals surface area contributed by atoms with Gasteiger partial charge >= 0.3 is 6.03 Å². The number of benzene rings is 3. The molecule has 1 aromatic heterocycles. The van der Waals surface area contributed by atoms with Crippen molar-refractivity contribution in [3.63, 3.8) is 0 Å². The minimum absolute atomic E-state index is 0.222. The highest BCUT2D eigenvalue weighted by Crippen LogP contribution is 2.38. The van der Waals surface area contributed by atoms with Crippen molar-refractivity contribution in [3.8, 4) is 17.2 Å². The standard InChI is InChI=1S/C27H23F2N3O3/c1-34-24-10-9-21(15-25(24)35-2)30-27(33)32-16-17-6-3-4-7-22(17)31-11-5-8-23(31)26(32)18-12-19(28)14-20(29)13-18/h3-15,26H,16H2,1-2H3,(H,30,33)/t26-/m1/s1. The fraction of sp³-hybridized carbons (Fsp3) is 0.148. The summed E-state index contributed by atoms with van der Waals surface area (Å²) in [5.74, 6) is -0.426. The van der Waals surface area contributed by atoms with E-state index in [9.17, 15) is 13.6 Å². The second-order valence-electron chi connectivity index (χ2n) is 8.16. The van der Waals surface area contributed by atoms with Crippen molar-refractivity contribution in [1.29, 1.82) is 0 Å². The van der Waals surface area contributed by atoms with Crippen molar-refractivity contribution in [2.75, 3.05) is 19.5 Å². The number of methoxy groups -OCH3 is 2. The predicted octanol–water partition coefficient (Wildman–Crippen LogP) is 5.91. The first-order chi connectivity index (χ1) is 17.0. The molecular formula is C27H23F2N3O3. The molecule has 6 nitrogen and oxygen atoms in total. The Kier molecular flexibility index (Phi) is 5.86. The maximum absolute atomic E-state index is 14.3. The molecule has 178 valence electrons. The van der Waals surface area contributed by atoms with Crippen molar-refractivity contribution >= 4 is 11.7 Å². The number of ether oxygens (including phenoxy) is 2. The van der Waals surface area contributed by atoms with E-state index in [1.165, 1.54) is 26.4 Å². The lowest BCUT2D eigenvalue weighted by Crippen LogP contribution is -2.38. The van der Waals surface area contributed by atoms with Crippen LogP contribution >= 0.6 is 0 Å². The molecule has 0 aliphatic carbocycles. The monoisotopic (exact) mass is 475 g/mol. The second kappa shape index (κ2) is 9.13. The first-order valence-corrected chi connectivity index (χ1v) is 11.0. The molecule has 0 unspecified atom stereocenters. The molecule has 1 aliphatic heterocycles. The van der Waals surface area contributed by atoms with Crippen molar-refractivity contribution in [2.45, 2.75) is 12.6 Å². The first kappa shape index (κ1) is 22.5. The minimum Gasteiger partial charge on any atom is -0.493 e. The lowest BCUT2D eigenvalue weighted by molar-refractivity contribution is 0.194. The topological polar surface area (TPSA) is 55.7 Å². The number of aromatic nitrogens is 1. The van der Waals surface area contributed by atoms with E-state index >= 15 is 0 Å². The van der Waals surface area contributed by atoms with E-state index in [-0.39, 0.29) is 6.54 Å². The zero-order valence-corrected chi connectivity index (χ0v) is 19.2. The fourth-order valence-electron chi connectivity index (χ4n) is 4.53. The van der Waals surface area contributed by atoms with Gasteiger partial charge in [0, 0.05) is 29.7 Å². The Hall–Kier alpha value is -4.33. The third-order valence-corrected chi connectivity index (χ3v) is 6.06. The average molecular weight is 475 g/mol. The van der Waals surface area contributed by atoms with Crippen molar-refractivity contribution in [2.24, 2.45) is 0 Å². The Morgan fingerprint density at radius 1 is 0.914 bits per heavy atom. The predicted molar refractivity (Wildman–Crippen MR) is 128 cm³/mol. The number of carbonyl (C=O) groups is 1. The van der Waals surface area contributed by atoms with Crippen LogP contribution in [0.3, 0.4) is 0 Å². The summed E-state index contributed by atoms with van der Waals surface area (Å²) in [6, 6.07) is 18.6. The van der Waals surface area contributed by atoms with E-state index in [2.05, 4.69) is 5.32 Å². The van der Waals surface area contributed by atoms with Gasteiger partial charge in [0.1, 0.15) is 11.6 Å². The first-order valence-electron chi connectivity index (χ1n) is 11.0. The van der Waals surface area contributed by atoms with Gasteiger partial charge in [-0.1, -0.05) is 18.2 Å². The Balaban J connectivity index is 1.61. The molecule has 0 saturated heterocycles. The van der Waals surface area contributed by atoms with Crippen LogP contribution in [0.1, 0.15) is 22.9 Å². The van der Waals surface area contributed by atoms with Gasteiger partial charge in [-0.15, -0.1) is 0 Å². The smallest absolute Gasteiger partial charge is 0.322 e. The fourth-order valence-corrected chi connectivity index (χ4v) is 4.53. The number of urea groups is 1. The largest absolute Gasteiger partial charge is 0.493 e. The van der Waals surface area contributed by atoms with Crippen LogP contribution in [0.2, 0.25) is 0 Å². The highest BCUT2D eigenvalue weighted by molar-refractivity contribution is 5.90. The van der Waals surface area contributed by atoms with E-state index < -0.39 is 23.7 Å². The third kappa shape index (κ3) is 4.19. The highest BCUT2D eigenvalue weighted by atomic mass is 19.1. The molecule has 4 aromatic rings. The summed E-state index contributed by atoms with van der Waals surface area (Å²) in [5.41, 5.74) is 3.33. The summed E-state index contributed by atoms with van der Waals surface area (Å²) in [7, 11) is 3.04. The third-order valence-electron chi connectivity index (χ3n) is 6.06. The number of anilines is 1. The van der Waals surface area contributed by atoms with Gasteiger partial charge in [0.2, 0.25) is 0 Å². The number of amides is 2. The molecule has 5 rings (SSSR count). The number of fused-ring (bicyclic) bond motifs is 3. The van der Waals surface area contributed by atoms with E-state index in [4.69, 9.17) is 9.47 Å². The molecule has 8 heteroatoms. The van der Waals surface area contributed by atoms with E-state index in [0.717, 1.165) is 17.3 Å². The average Bonchev–Trinajstić information content (AvgIpc) is 3.27. The van der Waals surface area contributed by atoms with Crippen molar-refractivity contribution < 1.29 is 23.0 Å². The van der Waals surface area contributed by atoms with E-state index in [0.29, 0.717) is 28.4 Å². The van der Waals surface area contributed by atoms with Gasteiger partial charge in [-0.05, 0) is 53.6 Å². The number of nitrogens with one attached hydrogen (secondary N) is 1. The van der Waals surface area contributed by atoms with Crippen LogP contribution in [-0.4, -0.2) is 29.7 Å². The van der Waals surface area contributed by atoms with Crippen LogP contribution in [0.4, 0.5) is 19.3 Å². The number of hydrogen-bond acceptors (Lipinski definition) is 3. The lowest BCUT2D eigenvalue weighted by atomic mass is 10.0. The van der Waals surface area contributed by atoms with Gasteiger partial charge in [0.05, 0.1) is 32.5 Å². The molecule has 3 aromatic carbocycles. The number of hydrogen-bond donors (Lipinski definition) is 1. The summed E-state index contributed by atoms with van der Waals surface area (Å²) in [6.45, 7) is 0.222. The number of nitrogens with zero attached hydrogens (tertiary/aromatic N) is 2. The minimum atomic E-state index is -0.747. The molecule has 1 atom stereocenters. The number of halogens is 2. The SMILES string of the molecule is COc1ccc(NC(=O)N2Cc3ccccc3-n3cccc3[C@H]2c2cc(F)cc(F)c2)cc1OC. The molecule has 1 aliphatic rings. The maximum Gasteiger partial charge on any atom is 0.322 e. The van der Waals surface area contributed by atoms with Crippen LogP contribution in [0, 0.1) is 11.6 Å². The molecule has 0 spiro atoms. The molecule has 35 heavy (non-hydrogen) atoms. The van der Waals surface area contributed by atoms with Gasteiger partial charge in [-0.3, -0.25) is 0 Å².